The molecular weight excluding hydrogens is 198 g/mol. The molecule has 1 aromatic rings. The lowest BCUT2D eigenvalue weighted by atomic mass is 9.87. The molecule has 1 saturated carbocycles. The van der Waals surface area contributed by atoms with E-state index in [-0.39, 0.29) is 0 Å². The lowest BCUT2D eigenvalue weighted by molar-refractivity contribution is 0.350. The van der Waals surface area contributed by atoms with E-state index < -0.39 is 0 Å². The fourth-order valence-electron chi connectivity index (χ4n) is 2.58. The number of hydrogen-bond acceptors (Lipinski definition) is 2. The van der Waals surface area contributed by atoms with E-state index in [1.54, 1.807) is 0 Å². The summed E-state index contributed by atoms with van der Waals surface area (Å²) in [5.74, 6) is 0. The molecule has 0 aliphatic heterocycles. The lowest BCUT2D eigenvalue weighted by Gasteiger charge is -2.28. The van der Waals surface area contributed by atoms with Crippen molar-refractivity contribution in [2.45, 2.75) is 59.0 Å². The second kappa shape index (κ2) is 4.48. The van der Waals surface area contributed by atoms with Crippen LogP contribution in [0, 0.1) is 5.41 Å². The molecule has 1 heterocycles. The van der Waals surface area contributed by atoms with Gasteiger partial charge in [0.2, 0.25) is 0 Å². The van der Waals surface area contributed by atoms with Gasteiger partial charge in [-0.1, -0.05) is 27.2 Å². The molecule has 0 spiro atoms. The Kier molecular flexibility index (Phi) is 3.22. The Hall–Kier alpha value is -0.990. The number of nitrogens with one attached hydrogen (secondary N) is 1. The summed E-state index contributed by atoms with van der Waals surface area (Å²) in [7, 11) is 0. The summed E-state index contributed by atoms with van der Waals surface area (Å²) in [6.45, 7) is 7.90. The molecule has 0 amide bonds. The number of aryl methyl sites for hydroxylation is 1. The van der Waals surface area contributed by atoms with Crippen molar-refractivity contribution in [3.05, 3.63) is 12.4 Å². The van der Waals surface area contributed by atoms with Gasteiger partial charge in [0, 0.05) is 18.8 Å². The van der Waals surface area contributed by atoms with E-state index in [0.717, 1.165) is 13.0 Å². The fourth-order valence-corrected chi connectivity index (χ4v) is 2.58. The molecule has 90 valence electrons. The minimum absolute atomic E-state index is 0.423. The largest absolute Gasteiger partial charge is 0.379 e. The lowest BCUT2D eigenvalue weighted by Crippen LogP contribution is -2.30. The van der Waals surface area contributed by atoms with Gasteiger partial charge in [0.05, 0.1) is 11.9 Å². The Morgan fingerprint density at radius 3 is 3.00 bits per heavy atom. The molecule has 1 atom stereocenters. The Bertz CT molecular complexity index is 341. The van der Waals surface area contributed by atoms with Crippen molar-refractivity contribution in [1.82, 2.24) is 9.78 Å². The van der Waals surface area contributed by atoms with Crippen LogP contribution in [0.25, 0.3) is 0 Å². The van der Waals surface area contributed by atoms with Crippen LogP contribution in [0.2, 0.25) is 0 Å². The van der Waals surface area contributed by atoms with Crippen LogP contribution in [0.5, 0.6) is 0 Å². The van der Waals surface area contributed by atoms with Crippen molar-refractivity contribution in [2.75, 3.05) is 5.32 Å². The molecule has 1 unspecified atom stereocenters. The topological polar surface area (TPSA) is 29.9 Å². The Morgan fingerprint density at radius 2 is 2.38 bits per heavy atom. The SMILES string of the molecule is CCCn1cc(NC2CCCC2(C)C)cn1. The van der Waals surface area contributed by atoms with Crippen LogP contribution in [-0.2, 0) is 6.54 Å². The molecule has 0 aromatic carbocycles. The third-order valence-electron chi connectivity index (χ3n) is 3.68. The molecule has 1 N–H and O–H groups in total. The zero-order chi connectivity index (χ0) is 11.6. The van der Waals surface area contributed by atoms with Crippen LogP contribution >= 0.6 is 0 Å². The first-order valence-electron chi connectivity index (χ1n) is 6.41. The normalized spacial score (nSPS) is 23.6. The zero-order valence-electron chi connectivity index (χ0n) is 10.7. The van der Waals surface area contributed by atoms with Crippen LogP contribution in [0.1, 0.15) is 46.5 Å². The van der Waals surface area contributed by atoms with E-state index >= 15 is 0 Å². The summed E-state index contributed by atoms with van der Waals surface area (Å²) in [5.41, 5.74) is 1.60. The van der Waals surface area contributed by atoms with Crippen molar-refractivity contribution in [3.63, 3.8) is 0 Å². The van der Waals surface area contributed by atoms with Crippen molar-refractivity contribution < 1.29 is 0 Å². The average molecular weight is 221 g/mol. The van der Waals surface area contributed by atoms with Gasteiger partial charge in [0.1, 0.15) is 0 Å². The van der Waals surface area contributed by atoms with Crippen LogP contribution in [-0.4, -0.2) is 15.8 Å². The molecule has 1 aliphatic rings. The van der Waals surface area contributed by atoms with Crippen molar-refractivity contribution in [1.29, 1.82) is 0 Å². The molecule has 0 bridgehead atoms. The second-order valence-electron chi connectivity index (χ2n) is 5.57. The quantitative estimate of drug-likeness (QED) is 0.845. The van der Waals surface area contributed by atoms with E-state index in [9.17, 15) is 0 Å². The summed E-state index contributed by atoms with van der Waals surface area (Å²) < 4.78 is 2.02. The van der Waals surface area contributed by atoms with Gasteiger partial charge in [-0.3, -0.25) is 4.68 Å². The van der Waals surface area contributed by atoms with Gasteiger partial charge in [-0.25, -0.2) is 0 Å². The highest BCUT2D eigenvalue weighted by Gasteiger charge is 2.34. The van der Waals surface area contributed by atoms with Gasteiger partial charge in [0.15, 0.2) is 0 Å². The molecule has 2 rings (SSSR count). The van der Waals surface area contributed by atoms with Crippen LogP contribution in [0.15, 0.2) is 12.4 Å². The smallest absolute Gasteiger partial charge is 0.0728 e. The number of rotatable bonds is 4. The third kappa shape index (κ3) is 2.39. The minimum atomic E-state index is 0.423. The molecule has 16 heavy (non-hydrogen) atoms. The van der Waals surface area contributed by atoms with Crippen molar-refractivity contribution in [2.24, 2.45) is 5.41 Å². The average Bonchev–Trinajstić information content (AvgIpc) is 2.76. The van der Waals surface area contributed by atoms with Gasteiger partial charge in [-0.05, 0) is 24.7 Å². The highest BCUT2D eigenvalue weighted by atomic mass is 15.3. The zero-order valence-corrected chi connectivity index (χ0v) is 10.7. The molecular formula is C13H23N3. The number of hydrogen-bond donors (Lipinski definition) is 1. The number of anilines is 1. The van der Waals surface area contributed by atoms with E-state index in [1.165, 1.54) is 24.9 Å². The van der Waals surface area contributed by atoms with Gasteiger partial charge < -0.3 is 5.32 Å². The fraction of sp³-hybridized carbons (Fsp3) is 0.769. The summed E-state index contributed by atoms with van der Waals surface area (Å²) >= 11 is 0. The monoisotopic (exact) mass is 221 g/mol. The molecule has 1 aliphatic carbocycles. The number of aromatic nitrogens is 2. The third-order valence-corrected chi connectivity index (χ3v) is 3.68. The summed E-state index contributed by atoms with van der Waals surface area (Å²) in [6.07, 6.45) is 9.16. The van der Waals surface area contributed by atoms with Gasteiger partial charge >= 0.3 is 0 Å². The first kappa shape index (κ1) is 11.5. The van der Waals surface area contributed by atoms with Crippen LogP contribution in [0.4, 0.5) is 5.69 Å². The first-order valence-corrected chi connectivity index (χ1v) is 6.41. The molecule has 1 aromatic heterocycles. The second-order valence-corrected chi connectivity index (χ2v) is 5.57. The molecule has 1 fully saturated rings. The predicted octanol–water partition coefficient (Wildman–Crippen LogP) is 3.28. The van der Waals surface area contributed by atoms with Crippen LogP contribution < -0.4 is 5.32 Å². The Balaban J connectivity index is 1.98. The minimum Gasteiger partial charge on any atom is -0.379 e. The molecule has 3 nitrogen and oxygen atoms in total. The van der Waals surface area contributed by atoms with Crippen molar-refractivity contribution >= 4 is 5.69 Å². The molecule has 3 heteroatoms. The van der Waals surface area contributed by atoms with E-state index in [1.807, 2.05) is 10.9 Å². The summed E-state index contributed by atoms with van der Waals surface area (Å²) in [4.78, 5) is 0. The Morgan fingerprint density at radius 1 is 1.56 bits per heavy atom. The van der Waals surface area contributed by atoms with Gasteiger partial charge in [-0.15, -0.1) is 0 Å². The van der Waals surface area contributed by atoms with Crippen molar-refractivity contribution in [3.8, 4) is 0 Å². The maximum absolute atomic E-state index is 4.35. The first-order chi connectivity index (χ1) is 7.62. The predicted molar refractivity (Wildman–Crippen MR) is 67.6 cm³/mol. The number of nitrogens with zero attached hydrogens (tertiary/aromatic N) is 2. The van der Waals surface area contributed by atoms with Gasteiger partial charge in [0.25, 0.3) is 0 Å². The van der Waals surface area contributed by atoms with E-state index in [4.69, 9.17) is 0 Å². The molecule has 0 saturated heterocycles. The van der Waals surface area contributed by atoms with Crippen LogP contribution in [0.3, 0.4) is 0 Å². The maximum Gasteiger partial charge on any atom is 0.0728 e. The Labute approximate surface area is 98.2 Å². The molecule has 0 radical (unpaired) electrons. The summed E-state index contributed by atoms with van der Waals surface area (Å²) in [5, 5.41) is 7.98. The van der Waals surface area contributed by atoms with E-state index in [2.05, 4.69) is 37.4 Å². The van der Waals surface area contributed by atoms with Gasteiger partial charge in [-0.2, -0.15) is 5.10 Å². The van der Waals surface area contributed by atoms with E-state index in [0.29, 0.717) is 11.5 Å². The maximum atomic E-state index is 4.35. The standard InChI is InChI=1S/C13H23N3/c1-4-8-16-10-11(9-14-16)15-12-6-5-7-13(12,2)3/h9-10,12,15H,4-8H2,1-3H3. The summed E-state index contributed by atoms with van der Waals surface area (Å²) in [6, 6.07) is 0.603. The highest BCUT2D eigenvalue weighted by molar-refractivity contribution is 5.40. The highest BCUT2D eigenvalue weighted by Crippen LogP contribution is 2.38.